The molecule has 1 heterocycles. The molecule has 17 heavy (non-hydrogen) atoms. The van der Waals surface area contributed by atoms with Crippen molar-refractivity contribution in [2.24, 2.45) is 0 Å². The summed E-state index contributed by atoms with van der Waals surface area (Å²) in [6.45, 7) is 0.406. The van der Waals surface area contributed by atoms with Gasteiger partial charge in [-0.05, 0) is 25.0 Å². The third-order valence-electron chi connectivity index (χ3n) is 2.72. The first kappa shape index (κ1) is 12.0. The standard InChI is InChI=1S/C12H13F2NO2/c13-9-3-1-4-10(14)8(9)7-15-12(16)11-5-2-6-17-11/h1,3-4,11H,2,5-7H2,(H,15,16). The molecule has 1 aromatic rings. The smallest absolute Gasteiger partial charge is 0.249 e. The molecule has 0 spiro atoms. The third-order valence-corrected chi connectivity index (χ3v) is 2.72. The molecule has 1 aliphatic rings. The first-order valence-corrected chi connectivity index (χ1v) is 5.50. The second-order valence-electron chi connectivity index (χ2n) is 3.92. The normalized spacial score (nSPS) is 19.3. The Morgan fingerprint density at radius 3 is 2.71 bits per heavy atom. The van der Waals surface area contributed by atoms with Gasteiger partial charge in [-0.2, -0.15) is 0 Å². The van der Waals surface area contributed by atoms with Gasteiger partial charge in [-0.3, -0.25) is 4.79 Å². The predicted molar refractivity (Wildman–Crippen MR) is 57.2 cm³/mol. The lowest BCUT2D eigenvalue weighted by molar-refractivity contribution is -0.130. The molecular weight excluding hydrogens is 228 g/mol. The van der Waals surface area contributed by atoms with Gasteiger partial charge in [-0.15, -0.1) is 0 Å². The fraction of sp³-hybridized carbons (Fsp3) is 0.417. The molecule has 3 nitrogen and oxygen atoms in total. The minimum absolute atomic E-state index is 0.126. The summed E-state index contributed by atoms with van der Waals surface area (Å²) < 4.78 is 31.7. The summed E-state index contributed by atoms with van der Waals surface area (Å²) in [5.41, 5.74) is -0.126. The van der Waals surface area contributed by atoms with Crippen LogP contribution in [-0.4, -0.2) is 18.6 Å². The molecule has 1 saturated heterocycles. The lowest BCUT2D eigenvalue weighted by Crippen LogP contribution is -2.34. The Morgan fingerprint density at radius 2 is 2.12 bits per heavy atom. The van der Waals surface area contributed by atoms with Crippen LogP contribution in [0.3, 0.4) is 0 Å². The molecule has 2 rings (SSSR count). The van der Waals surface area contributed by atoms with Gasteiger partial charge in [0.2, 0.25) is 5.91 Å². The monoisotopic (exact) mass is 241 g/mol. The first-order chi connectivity index (χ1) is 8.18. The van der Waals surface area contributed by atoms with E-state index in [4.69, 9.17) is 4.74 Å². The van der Waals surface area contributed by atoms with Crippen molar-refractivity contribution >= 4 is 5.91 Å². The van der Waals surface area contributed by atoms with Gasteiger partial charge in [0.15, 0.2) is 0 Å². The van der Waals surface area contributed by atoms with Crippen LogP contribution in [0, 0.1) is 11.6 Å². The Bertz CT molecular complexity index is 397. The van der Waals surface area contributed by atoms with Crippen molar-refractivity contribution in [3.8, 4) is 0 Å². The van der Waals surface area contributed by atoms with Gasteiger partial charge in [0.05, 0.1) is 0 Å². The zero-order chi connectivity index (χ0) is 12.3. The fourth-order valence-electron chi connectivity index (χ4n) is 1.77. The highest BCUT2D eigenvalue weighted by atomic mass is 19.1. The van der Waals surface area contributed by atoms with Crippen molar-refractivity contribution in [2.75, 3.05) is 6.61 Å². The van der Waals surface area contributed by atoms with Gasteiger partial charge in [-0.25, -0.2) is 8.78 Å². The number of hydrogen-bond acceptors (Lipinski definition) is 2. The lowest BCUT2D eigenvalue weighted by atomic mass is 10.2. The van der Waals surface area contributed by atoms with E-state index in [1.54, 1.807) is 0 Å². The summed E-state index contributed by atoms with van der Waals surface area (Å²) in [7, 11) is 0. The molecular formula is C12H13F2NO2. The van der Waals surface area contributed by atoms with Crippen LogP contribution < -0.4 is 5.32 Å². The van der Waals surface area contributed by atoms with Gasteiger partial charge in [0.25, 0.3) is 0 Å². The van der Waals surface area contributed by atoms with Crippen LogP contribution in [0.15, 0.2) is 18.2 Å². The number of carbonyl (C=O) groups is 1. The molecule has 1 fully saturated rings. The van der Waals surface area contributed by atoms with E-state index in [0.29, 0.717) is 13.0 Å². The summed E-state index contributed by atoms with van der Waals surface area (Å²) in [4.78, 5) is 11.6. The second-order valence-corrected chi connectivity index (χ2v) is 3.92. The van der Waals surface area contributed by atoms with E-state index in [9.17, 15) is 13.6 Å². The molecule has 1 atom stereocenters. The number of rotatable bonds is 3. The number of carbonyl (C=O) groups excluding carboxylic acids is 1. The van der Waals surface area contributed by atoms with Crippen molar-refractivity contribution in [1.82, 2.24) is 5.32 Å². The van der Waals surface area contributed by atoms with E-state index in [2.05, 4.69) is 5.32 Å². The molecule has 0 radical (unpaired) electrons. The number of nitrogens with one attached hydrogen (secondary N) is 1. The van der Waals surface area contributed by atoms with Crippen LogP contribution in [0.2, 0.25) is 0 Å². The Hall–Kier alpha value is -1.49. The van der Waals surface area contributed by atoms with E-state index in [1.165, 1.54) is 6.07 Å². The number of ether oxygens (including phenoxy) is 1. The number of benzene rings is 1. The van der Waals surface area contributed by atoms with Crippen molar-refractivity contribution in [1.29, 1.82) is 0 Å². The summed E-state index contributed by atoms with van der Waals surface area (Å²) in [5.74, 6) is -1.62. The number of amides is 1. The van der Waals surface area contributed by atoms with Crippen LogP contribution in [0.4, 0.5) is 8.78 Å². The van der Waals surface area contributed by atoms with Gasteiger partial charge < -0.3 is 10.1 Å². The molecule has 92 valence electrons. The number of hydrogen-bond donors (Lipinski definition) is 1. The highest BCUT2D eigenvalue weighted by molar-refractivity contribution is 5.80. The minimum atomic E-state index is -0.655. The fourth-order valence-corrected chi connectivity index (χ4v) is 1.77. The van der Waals surface area contributed by atoms with Gasteiger partial charge in [-0.1, -0.05) is 6.07 Å². The summed E-state index contributed by atoms with van der Waals surface area (Å²) in [6.07, 6.45) is 1.02. The van der Waals surface area contributed by atoms with E-state index in [0.717, 1.165) is 18.6 Å². The average Bonchev–Trinajstić information content (AvgIpc) is 2.81. The van der Waals surface area contributed by atoms with E-state index >= 15 is 0 Å². The lowest BCUT2D eigenvalue weighted by Gasteiger charge is -2.11. The number of halogens is 2. The highest BCUT2D eigenvalue weighted by Crippen LogP contribution is 2.14. The van der Waals surface area contributed by atoms with Crippen LogP contribution in [0.25, 0.3) is 0 Å². The van der Waals surface area contributed by atoms with Crippen LogP contribution in [0.5, 0.6) is 0 Å². The Morgan fingerprint density at radius 1 is 1.41 bits per heavy atom. The van der Waals surface area contributed by atoms with Crippen molar-refractivity contribution in [3.63, 3.8) is 0 Å². The van der Waals surface area contributed by atoms with Crippen molar-refractivity contribution in [3.05, 3.63) is 35.4 Å². The molecule has 0 bridgehead atoms. The molecule has 1 aliphatic heterocycles. The maximum absolute atomic E-state index is 13.3. The highest BCUT2D eigenvalue weighted by Gasteiger charge is 2.23. The van der Waals surface area contributed by atoms with Crippen molar-refractivity contribution in [2.45, 2.75) is 25.5 Å². The summed E-state index contributed by atoms with van der Waals surface area (Å²) in [6, 6.07) is 3.61. The Labute approximate surface area is 97.8 Å². The molecule has 0 saturated carbocycles. The Kier molecular flexibility index (Phi) is 3.68. The van der Waals surface area contributed by atoms with E-state index < -0.39 is 17.7 Å². The van der Waals surface area contributed by atoms with Crippen molar-refractivity contribution < 1.29 is 18.3 Å². The summed E-state index contributed by atoms with van der Waals surface area (Å²) >= 11 is 0. The quantitative estimate of drug-likeness (QED) is 0.875. The van der Waals surface area contributed by atoms with Gasteiger partial charge in [0, 0.05) is 18.7 Å². The van der Waals surface area contributed by atoms with Crippen LogP contribution in [0.1, 0.15) is 18.4 Å². The minimum Gasteiger partial charge on any atom is -0.368 e. The molecule has 0 aromatic heterocycles. The van der Waals surface area contributed by atoms with Gasteiger partial charge in [0.1, 0.15) is 17.7 Å². The average molecular weight is 241 g/mol. The molecule has 1 unspecified atom stereocenters. The summed E-state index contributed by atoms with van der Waals surface area (Å²) in [5, 5.41) is 2.48. The molecule has 1 aromatic carbocycles. The maximum Gasteiger partial charge on any atom is 0.249 e. The van der Waals surface area contributed by atoms with Crippen LogP contribution in [-0.2, 0) is 16.1 Å². The topological polar surface area (TPSA) is 38.3 Å². The molecule has 5 heteroatoms. The first-order valence-electron chi connectivity index (χ1n) is 5.50. The zero-order valence-electron chi connectivity index (χ0n) is 9.21. The van der Waals surface area contributed by atoms with Gasteiger partial charge >= 0.3 is 0 Å². The Balaban J connectivity index is 1.95. The van der Waals surface area contributed by atoms with Crippen LogP contribution >= 0.6 is 0 Å². The molecule has 1 amide bonds. The predicted octanol–water partition coefficient (Wildman–Crippen LogP) is 1.76. The van der Waals surface area contributed by atoms with E-state index in [-0.39, 0.29) is 18.0 Å². The third kappa shape index (κ3) is 2.79. The largest absolute Gasteiger partial charge is 0.368 e. The maximum atomic E-state index is 13.3. The zero-order valence-corrected chi connectivity index (χ0v) is 9.21. The van der Waals surface area contributed by atoms with E-state index in [1.807, 2.05) is 0 Å². The molecule has 1 N–H and O–H groups in total. The SMILES string of the molecule is O=C(NCc1c(F)cccc1F)C1CCCO1. The molecule has 0 aliphatic carbocycles. The second kappa shape index (κ2) is 5.23.